The van der Waals surface area contributed by atoms with Crippen LogP contribution in [0.5, 0.6) is 0 Å². The second-order valence-electron chi connectivity index (χ2n) is 11.8. The summed E-state index contributed by atoms with van der Waals surface area (Å²) in [5, 5.41) is 7.47. The Labute approximate surface area is 334 Å². The van der Waals surface area contributed by atoms with Gasteiger partial charge in [0.1, 0.15) is 0 Å². The van der Waals surface area contributed by atoms with Crippen LogP contribution in [0.4, 0.5) is 0 Å². The molecule has 0 bridgehead atoms. The van der Waals surface area contributed by atoms with E-state index in [1.165, 1.54) is 77.0 Å². The molecule has 0 aliphatic heterocycles. The van der Waals surface area contributed by atoms with Crippen molar-refractivity contribution >= 4 is 28.9 Å². The fourth-order valence-electron chi connectivity index (χ4n) is 8.24. The van der Waals surface area contributed by atoms with Gasteiger partial charge in [0.15, 0.2) is 0 Å². The van der Waals surface area contributed by atoms with Crippen LogP contribution in [0.15, 0.2) is 11.6 Å². The van der Waals surface area contributed by atoms with E-state index in [0.29, 0.717) is 22.6 Å². The van der Waals surface area contributed by atoms with Gasteiger partial charge in [0, 0.05) is 0 Å². The molecule has 4 aliphatic rings. The summed E-state index contributed by atoms with van der Waals surface area (Å²) in [5.74, 6) is 4.82. The zero-order valence-corrected chi connectivity index (χ0v) is 35.1. The van der Waals surface area contributed by atoms with Gasteiger partial charge in [-0.25, -0.2) is 0 Å². The van der Waals surface area contributed by atoms with Gasteiger partial charge in [-0.05, 0) is 103 Å². The molecule has 0 aromatic heterocycles. The van der Waals surface area contributed by atoms with Crippen LogP contribution in [0.2, 0.25) is 0 Å². The second kappa shape index (κ2) is 23.5. The molecule has 7 atom stereocenters. The molecular formula is C32H59K2O2S2-3. The van der Waals surface area contributed by atoms with E-state index in [1.807, 2.05) is 13.8 Å². The van der Waals surface area contributed by atoms with E-state index in [2.05, 4.69) is 33.8 Å². The van der Waals surface area contributed by atoms with Crippen molar-refractivity contribution in [1.29, 1.82) is 0 Å². The Morgan fingerprint density at radius 3 is 2.18 bits per heavy atom. The summed E-state index contributed by atoms with van der Waals surface area (Å²) >= 11 is 5.35. The fraction of sp³-hybridized carbons (Fsp3) is 0.812. The largest absolute Gasteiger partial charge is 1.00 e. The van der Waals surface area contributed by atoms with Gasteiger partial charge in [-0.1, -0.05) is 78.9 Å². The number of aliphatic hydroxyl groups excluding tert-OH is 1. The van der Waals surface area contributed by atoms with Gasteiger partial charge in [-0.3, -0.25) is 0 Å². The number of hydrogen-bond donors (Lipinski definition) is 1. The summed E-state index contributed by atoms with van der Waals surface area (Å²) in [6, 6.07) is 0. The van der Waals surface area contributed by atoms with E-state index in [9.17, 15) is 0 Å². The molecule has 4 rings (SSSR count). The van der Waals surface area contributed by atoms with Crippen LogP contribution in [0.3, 0.4) is 0 Å². The summed E-state index contributed by atoms with van der Waals surface area (Å²) in [6.07, 6.45) is 20.0. The maximum atomic E-state index is 8.24. The Morgan fingerprint density at radius 2 is 1.63 bits per heavy atom. The summed E-state index contributed by atoms with van der Waals surface area (Å²) < 4.78 is 0. The van der Waals surface area contributed by atoms with Crippen LogP contribution in [0, 0.1) is 62.7 Å². The van der Waals surface area contributed by atoms with Gasteiger partial charge in [0.25, 0.3) is 0 Å². The second-order valence-corrected chi connectivity index (χ2v) is 13.2. The molecule has 0 spiro atoms. The minimum Gasteiger partial charge on any atom is -0.719 e. The molecule has 4 aliphatic carbocycles. The molecular weight excluding hydrogens is 559 g/mol. The molecule has 0 aromatic carbocycles. The predicted molar refractivity (Wildman–Crippen MR) is 166 cm³/mol. The standard InChI is InChI=1S/C26H44S2.C2H6.CHO2.3CH3.2K/c1-18(2)7-5-6-8-19-10-12-23-22-11-9-20-17-21(28-27)13-15-26(20,4)24(22)14-16-25(19,23)3;1-2;2-1-3;;;;;/h9,18-19,21-24,27H,5-8,10-17H2,1-4H3;1-2H3;(H,2,3);3*1H3;;/q;;4*-1;2*+1/p-1. The first-order valence-corrected chi connectivity index (χ1v) is 15.6. The smallest absolute Gasteiger partial charge is 0.719 e. The number of hydrogen-bond acceptors (Lipinski definition) is 3. The van der Waals surface area contributed by atoms with E-state index < -0.39 is 0 Å². The Hall–Kier alpha value is 3.18. The molecule has 0 radical (unpaired) electrons. The SMILES string of the molecule is CC.CC(C)CCCCC1CCC2C3CC=C4CC(S[S-])CCC4(C)C3CCC12C.O=[C-]O.[CH3-].[CH3-].[CH3-].[K+].[K+]. The summed E-state index contributed by atoms with van der Waals surface area (Å²) in [6.45, 7) is 14.6. The molecule has 3 fully saturated rings. The van der Waals surface area contributed by atoms with Crippen LogP contribution >= 0.6 is 10.8 Å². The Kier molecular flexibility index (Phi) is 29.8. The van der Waals surface area contributed by atoms with E-state index >= 15 is 0 Å². The number of rotatable bonds is 6. The van der Waals surface area contributed by atoms with Crippen molar-refractivity contribution in [3.05, 3.63) is 33.9 Å². The average Bonchev–Trinajstić information content (AvgIpc) is 3.14. The van der Waals surface area contributed by atoms with Gasteiger partial charge in [-0.2, -0.15) is 0 Å². The number of allylic oxidation sites excluding steroid dienone is 2. The maximum Gasteiger partial charge on any atom is 1.00 e. The average molecular weight is 618 g/mol. The molecule has 0 saturated heterocycles. The molecule has 0 heterocycles. The molecule has 0 amide bonds. The zero-order valence-electron chi connectivity index (χ0n) is 27.2. The van der Waals surface area contributed by atoms with Gasteiger partial charge in [-0.15, -0.1) is 0 Å². The molecule has 7 unspecified atom stereocenters. The monoisotopic (exact) mass is 617 g/mol. The third-order valence-corrected chi connectivity index (χ3v) is 11.5. The predicted octanol–water partition coefficient (Wildman–Crippen LogP) is 4.34. The first-order valence-electron chi connectivity index (χ1n) is 13.8. The topological polar surface area (TPSA) is 37.3 Å². The van der Waals surface area contributed by atoms with Crippen molar-refractivity contribution in [2.45, 2.75) is 124 Å². The molecule has 1 N–H and O–H groups in total. The molecule has 3 saturated carbocycles. The molecule has 2 nitrogen and oxygen atoms in total. The van der Waals surface area contributed by atoms with E-state index in [-0.39, 0.29) is 125 Å². The maximum absolute atomic E-state index is 8.24. The van der Waals surface area contributed by atoms with Crippen molar-refractivity contribution in [3.63, 3.8) is 0 Å². The minimum atomic E-state index is 0. The van der Waals surface area contributed by atoms with Gasteiger partial charge < -0.3 is 54.6 Å². The van der Waals surface area contributed by atoms with Gasteiger partial charge >= 0.3 is 103 Å². The normalized spacial score (nSPS) is 33.9. The summed E-state index contributed by atoms with van der Waals surface area (Å²) in [7, 11) is 1.70. The Balaban J connectivity index is -0.000000541. The van der Waals surface area contributed by atoms with Crippen molar-refractivity contribution in [3.8, 4) is 0 Å². The summed E-state index contributed by atoms with van der Waals surface area (Å²) in [5.41, 5.74) is 2.95. The van der Waals surface area contributed by atoms with Gasteiger partial charge in [0.2, 0.25) is 0 Å². The quantitative estimate of drug-likeness (QED) is 0.120. The minimum absolute atomic E-state index is 0. The third-order valence-electron chi connectivity index (χ3n) is 9.98. The van der Waals surface area contributed by atoms with Gasteiger partial charge in [0.05, 0.1) is 0 Å². The first-order chi connectivity index (χ1) is 15.8. The number of unbranched alkanes of at least 4 members (excludes halogenated alkanes) is 1. The fourth-order valence-corrected chi connectivity index (χ4v) is 9.19. The van der Waals surface area contributed by atoms with Crippen molar-refractivity contribution in [1.82, 2.24) is 0 Å². The Morgan fingerprint density at radius 1 is 1.03 bits per heavy atom. The van der Waals surface area contributed by atoms with Crippen molar-refractivity contribution < 1.29 is 113 Å². The van der Waals surface area contributed by atoms with Crippen LogP contribution in [-0.4, -0.2) is 16.8 Å². The zero-order chi connectivity index (χ0) is 24.6. The molecule has 6 heteroatoms. The van der Waals surface area contributed by atoms with E-state index in [4.69, 9.17) is 21.6 Å². The van der Waals surface area contributed by atoms with Crippen LogP contribution < -0.4 is 103 Å². The van der Waals surface area contributed by atoms with Crippen molar-refractivity contribution in [2.75, 3.05) is 0 Å². The third kappa shape index (κ3) is 11.6. The molecule has 216 valence electrons. The van der Waals surface area contributed by atoms with Crippen LogP contribution in [0.25, 0.3) is 0 Å². The number of fused-ring (bicyclic) bond motifs is 5. The summed E-state index contributed by atoms with van der Waals surface area (Å²) in [4.78, 5) is 8.24. The van der Waals surface area contributed by atoms with Crippen molar-refractivity contribution in [2.24, 2.45) is 40.4 Å². The van der Waals surface area contributed by atoms with E-state index in [1.54, 1.807) is 16.4 Å². The Bertz CT molecular complexity index is 645. The first kappa shape index (κ1) is 48.1. The molecule has 38 heavy (non-hydrogen) atoms. The van der Waals surface area contributed by atoms with Crippen LogP contribution in [0.1, 0.15) is 119 Å². The molecule has 0 aromatic rings. The van der Waals surface area contributed by atoms with Crippen LogP contribution in [-0.2, 0) is 16.5 Å². The van der Waals surface area contributed by atoms with E-state index in [0.717, 1.165) is 29.6 Å².